The molecule has 0 heterocycles. The summed E-state index contributed by atoms with van der Waals surface area (Å²) in [5.74, 6) is -0.441. The molecule has 0 aromatic carbocycles. The molecule has 0 radical (unpaired) electrons. The summed E-state index contributed by atoms with van der Waals surface area (Å²) in [5, 5.41) is 0. The van der Waals surface area contributed by atoms with E-state index < -0.39 is 85.4 Å². The largest absolute Gasteiger partial charge is 0.469 e. The third-order valence-electron chi connectivity index (χ3n) is 9.32. The Morgan fingerprint density at radius 3 is 1.25 bits per heavy atom. The van der Waals surface area contributed by atoms with Crippen LogP contribution in [0, 0.1) is 0 Å². The van der Waals surface area contributed by atoms with Crippen molar-refractivity contribution in [2.75, 3.05) is 40.3 Å². The van der Waals surface area contributed by atoms with Crippen molar-refractivity contribution in [3.05, 3.63) is 38.5 Å². The second kappa shape index (κ2) is 44.5. The van der Waals surface area contributed by atoms with Crippen LogP contribution in [0.1, 0.15) is 104 Å². The number of hydrogen-bond donors (Lipinski definition) is 0. The Morgan fingerprint density at radius 1 is 0.447 bits per heavy atom. The second-order valence-electron chi connectivity index (χ2n) is 24.4. The highest BCUT2D eigenvalue weighted by molar-refractivity contribution is 6.92. The maximum Gasteiger partial charge on any atom is 0.344 e. The Kier molecular flexibility index (Phi) is 49.6. The molecule has 3 atom stereocenters. The minimum Gasteiger partial charge on any atom is -0.469 e. The van der Waals surface area contributed by atoms with Gasteiger partial charge in [-0.2, -0.15) is 0 Å². The Hall–Kier alpha value is -0.0712. The normalized spacial score (nSPS) is 14.3. The van der Waals surface area contributed by atoms with Crippen molar-refractivity contribution < 1.29 is 61.5 Å². The summed E-state index contributed by atoms with van der Waals surface area (Å²) >= 11 is 0. The van der Waals surface area contributed by atoms with Crippen LogP contribution in [0.15, 0.2) is 38.5 Å². The molecule has 0 saturated carbocycles. The van der Waals surface area contributed by atoms with E-state index in [2.05, 4.69) is 156 Å². The van der Waals surface area contributed by atoms with Crippen LogP contribution < -0.4 is 0 Å². The lowest BCUT2D eigenvalue weighted by Gasteiger charge is -2.44. The van der Waals surface area contributed by atoms with Crippen LogP contribution in [0.25, 0.3) is 0 Å². The van der Waals surface area contributed by atoms with Crippen molar-refractivity contribution in [2.24, 2.45) is 0 Å². The molecular formula is C52H124O14Si10. The molecule has 0 spiro atoms. The van der Waals surface area contributed by atoms with Crippen LogP contribution in [0.2, 0.25) is 144 Å². The zero-order valence-electron chi connectivity index (χ0n) is 54.2. The highest BCUT2D eigenvalue weighted by Gasteiger charge is 2.52. The van der Waals surface area contributed by atoms with E-state index in [-0.39, 0.29) is 18.0 Å². The average Bonchev–Trinajstić information content (AvgIpc) is 3.21. The molecular weight excluding hydrogens is 1130 g/mol. The van der Waals surface area contributed by atoms with Gasteiger partial charge in [0, 0.05) is 19.6 Å². The average molecular weight is 1250 g/mol. The first-order valence-electron chi connectivity index (χ1n) is 28.2. The number of methoxy groups -OCH3 is 2. The van der Waals surface area contributed by atoms with Gasteiger partial charge in [0.05, 0.1) is 33.1 Å². The first-order chi connectivity index (χ1) is 34.6. The molecule has 0 aromatic rings. The molecule has 0 amide bonds. The number of carbonyl (C=O) groups is 2. The smallest absolute Gasteiger partial charge is 0.344 e. The lowest BCUT2D eigenvalue weighted by molar-refractivity contribution is -0.141. The predicted octanol–water partition coefficient (Wildman–Crippen LogP) is 16.1. The molecule has 14 nitrogen and oxygen atoms in total. The maximum atomic E-state index is 12.5. The summed E-state index contributed by atoms with van der Waals surface area (Å²) in [4.78, 5) is 23.2. The Bertz CT molecular complexity index is 1470. The van der Waals surface area contributed by atoms with E-state index in [1.165, 1.54) is 59.2 Å². The van der Waals surface area contributed by atoms with Gasteiger partial charge in [0.15, 0.2) is 33.3 Å². The van der Waals surface area contributed by atoms with Gasteiger partial charge in [0.2, 0.25) is 0 Å². The molecule has 456 valence electrons. The number of esters is 2. The van der Waals surface area contributed by atoms with Crippen molar-refractivity contribution in [1.82, 2.24) is 0 Å². The van der Waals surface area contributed by atoms with Crippen LogP contribution in [0.5, 0.6) is 0 Å². The van der Waals surface area contributed by atoms with E-state index in [9.17, 15) is 9.59 Å². The minimum absolute atomic E-state index is 0.0631. The Balaban J connectivity index is -0.000000337. The Morgan fingerprint density at radius 2 is 0.855 bits per heavy atom. The van der Waals surface area contributed by atoms with Gasteiger partial charge in [-0.25, -0.2) is 0 Å². The van der Waals surface area contributed by atoms with Gasteiger partial charge in [-0.15, -0.1) is 26.3 Å². The quantitative estimate of drug-likeness (QED) is 0.0249. The first-order valence-corrected chi connectivity index (χ1v) is 57.4. The summed E-state index contributed by atoms with van der Waals surface area (Å²) in [7, 11) is -18.6. The van der Waals surface area contributed by atoms with Gasteiger partial charge in [0.25, 0.3) is 9.28 Å². The van der Waals surface area contributed by atoms with Crippen LogP contribution in [0.4, 0.5) is 0 Å². The van der Waals surface area contributed by atoms with Crippen molar-refractivity contribution >= 4 is 97.3 Å². The topological polar surface area (TPSA) is 145 Å². The molecule has 0 rings (SSSR count). The summed E-state index contributed by atoms with van der Waals surface area (Å²) in [5.41, 5.74) is 0. The van der Waals surface area contributed by atoms with Gasteiger partial charge < -0.3 is 51.9 Å². The zero-order chi connectivity index (χ0) is 60.6. The molecule has 0 aromatic heterocycles. The number of rotatable bonds is 39. The van der Waals surface area contributed by atoms with Gasteiger partial charge >= 0.3 is 54.7 Å². The molecule has 3 unspecified atom stereocenters. The summed E-state index contributed by atoms with van der Waals surface area (Å²) in [6.07, 6.45) is 19.9. The van der Waals surface area contributed by atoms with E-state index in [1.54, 1.807) is 6.08 Å². The number of unbranched alkanes of at least 4 members (excludes halogenated alkanes) is 10. The first kappa shape index (κ1) is 84.7. The monoisotopic (exact) mass is 1250 g/mol. The van der Waals surface area contributed by atoms with E-state index in [0.29, 0.717) is 25.9 Å². The SMILES string of the molecule is C=C.C=CCCCCCCCCC(=O)OC.C=CCOCCCCC.CCCCCOC[Si](C)(O[Si](C)(C)O[Si](C)(C)C)O[Si](C)(CC(=O)OC)O[Si](C)(C)O[Si](C)(C)C.C[SiH](O[Si](C)(C)C)O[Si](C)(C)O[Si](C)(C)C. The third kappa shape index (κ3) is 63.1. The minimum atomic E-state index is -3.12. The van der Waals surface area contributed by atoms with Crippen LogP contribution in [-0.2, 0) is 61.5 Å². The molecule has 0 saturated heterocycles. The molecule has 0 aliphatic heterocycles. The highest BCUT2D eigenvalue weighted by atomic mass is 28.5. The Labute approximate surface area is 481 Å². The highest BCUT2D eigenvalue weighted by Crippen LogP contribution is 2.30. The van der Waals surface area contributed by atoms with Crippen LogP contribution >= 0.6 is 0 Å². The predicted molar refractivity (Wildman–Crippen MR) is 349 cm³/mol. The van der Waals surface area contributed by atoms with E-state index in [1.807, 2.05) is 32.3 Å². The van der Waals surface area contributed by atoms with Crippen LogP contribution in [-0.4, -0.2) is 138 Å². The van der Waals surface area contributed by atoms with Crippen molar-refractivity contribution in [3.8, 4) is 0 Å². The number of ether oxygens (including phenoxy) is 4. The van der Waals surface area contributed by atoms with Gasteiger partial charge in [0.1, 0.15) is 0 Å². The van der Waals surface area contributed by atoms with E-state index in [0.717, 1.165) is 45.1 Å². The molecule has 0 aliphatic carbocycles. The third-order valence-corrected chi connectivity index (χ3v) is 42.8. The summed E-state index contributed by atoms with van der Waals surface area (Å²) in [6.45, 7) is 64.4. The lowest BCUT2D eigenvalue weighted by Crippen LogP contribution is -2.63. The van der Waals surface area contributed by atoms with Gasteiger partial charge in [-0.05, 0) is 170 Å². The molecule has 0 N–H and O–H groups in total. The zero-order valence-corrected chi connectivity index (χ0v) is 64.4. The fourth-order valence-corrected chi connectivity index (χ4v) is 50.4. The standard InChI is InChI=1S/C21H54O8Si6.C12H22O2.C9H28O3Si4.C8H16O.C2H4/c1-15-16-17-18-24-20-35(14,28-33(11,12)26-31(6,7)8)29-34(13,19-21(22)23-2)27-32(9,10)25-30(3,4)5;1-3-4-5-6-7-8-9-10-11-12(13)14-2;1-13(10-14(2,3)4)11-16(8,9)12-15(5,6)7;1-3-5-6-8-9-7-4-2;1-2/h15-20H2,1-14H3;3H,1,4-11H2,2H3;13H,1-9H3;4H,2-3,5-8H2,1H3;1-2H2. The summed E-state index contributed by atoms with van der Waals surface area (Å²) in [6, 6.07) is 0.0631. The van der Waals surface area contributed by atoms with Crippen molar-refractivity contribution in [3.63, 3.8) is 0 Å². The maximum absolute atomic E-state index is 12.5. The second-order valence-corrected chi connectivity index (χ2v) is 62.8. The molecule has 0 aliphatic rings. The summed E-state index contributed by atoms with van der Waals surface area (Å²) < 4.78 is 72.3. The molecule has 76 heavy (non-hydrogen) atoms. The van der Waals surface area contributed by atoms with Crippen LogP contribution in [0.3, 0.4) is 0 Å². The molecule has 0 bridgehead atoms. The fourth-order valence-electron chi connectivity index (χ4n) is 7.90. The van der Waals surface area contributed by atoms with E-state index in [4.69, 9.17) is 47.1 Å². The number of hydrogen-bond acceptors (Lipinski definition) is 14. The van der Waals surface area contributed by atoms with Crippen molar-refractivity contribution in [2.45, 2.75) is 247 Å². The van der Waals surface area contributed by atoms with E-state index >= 15 is 0 Å². The van der Waals surface area contributed by atoms with Crippen molar-refractivity contribution in [1.29, 1.82) is 0 Å². The van der Waals surface area contributed by atoms with Gasteiger partial charge in [-0.1, -0.05) is 77.4 Å². The number of carbonyl (C=O) groups excluding carboxylic acids is 2. The van der Waals surface area contributed by atoms with Gasteiger partial charge in [-0.3, -0.25) is 9.59 Å². The molecule has 24 heteroatoms. The number of allylic oxidation sites excluding steroid dienone is 1. The fraction of sp³-hybridized carbons (Fsp3) is 0.846. The molecule has 0 fully saturated rings. The lowest BCUT2D eigenvalue weighted by atomic mass is 10.1.